The third-order valence-corrected chi connectivity index (χ3v) is 4.56. The SMILES string of the molecule is Fc1ccc(-c2ncn(Cc3cc[nH]n3)c2-c2ccnc3[nH]ccc23)cc1. The molecular weight excluding hydrogens is 343 g/mol. The van der Waals surface area contributed by atoms with E-state index in [1.807, 2.05) is 24.4 Å². The molecule has 5 aromatic rings. The number of aromatic amines is 2. The number of pyridine rings is 1. The molecule has 0 aliphatic rings. The van der Waals surface area contributed by atoms with E-state index in [-0.39, 0.29) is 5.82 Å². The molecule has 0 radical (unpaired) electrons. The van der Waals surface area contributed by atoms with Gasteiger partial charge in [0.15, 0.2) is 0 Å². The molecule has 0 aliphatic heterocycles. The Morgan fingerprint density at radius 2 is 1.85 bits per heavy atom. The number of nitrogens with one attached hydrogen (secondary N) is 2. The van der Waals surface area contributed by atoms with Crippen molar-refractivity contribution in [1.29, 1.82) is 0 Å². The predicted octanol–water partition coefficient (Wildman–Crippen LogP) is 4.00. The molecule has 6 nitrogen and oxygen atoms in total. The van der Waals surface area contributed by atoms with Crippen molar-refractivity contribution < 1.29 is 4.39 Å². The van der Waals surface area contributed by atoms with Crippen molar-refractivity contribution in [2.45, 2.75) is 6.54 Å². The molecule has 7 heteroatoms. The number of nitrogens with zero attached hydrogens (tertiary/aromatic N) is 4. The third kappa shape index (κ3) is 2.69. The second-order valence-corrected chi connectivity index (χ2v) is 6.24. The summed E-state index contributed by atoms with van der Waals surface area (Å²) in [5, 5.41) is 8.09. The van der Waals surface area contributed by atoms with E-state index in [9.17, 15) is 4.39 Å². The summed E-state index contributed by atoms with van der Waals surface area (Å²) in [5.41, 5.74) is 5.31. The Bertz CT molecular complexity index is 1200. The summed E-state index contributed by atoms with van der Waals surface area (Å²) in [6.07, 6.45) is 7.23. The molecule has 0 bridgehead atoms. The number of hydrogen-bond acceptors (Lipinski definition) is 3. The van der Waals surface area contributed by atoms with Crippen molar-refractivity contribution in [3.63, 3.8) is 0 Å². The molecule has 1 aromatic carbocycles. The number of aromatic nitrogens is 6. The maximum absolute atomic E-state index is 13.4. The van der Waals surface area contributed by atoms with Gasteiger partial charge in [-0.2, -0.15) is 5.10 Å². The van der Waals surface area contributed by atoms with Crippen LogP contribution in [0.25, 0.3) is 33.5 Å². The molecular formula is C20H15FN6. The van der Waals surface area contributed by atoms with Crippen LogP contribution in [0.4, 0.5) is 4.39 Å². The summed E-state index contributed by atoms with van der Waals surface area (Å²) in [6.45, 7) is 0.571. The van der Waals surface area contributed by atoms with Crippen LogP contribution in [0, 0.1) is 5.82 Å². The lowest BCUT2D eigenvalue weighted by Gasteiger charge is -2.11. The van der Waals surface area contributed by atoms with Gasteiger partial charge in [-0.3, -0.25) is 5.10 Å². The van der Waals surface area contributed by atoms with Crippen molar-refractivity contribution in [3.8, 4) is 22.5 Å². The van der Waals surface area contributed by atoms with Crippen molar-refractivity contribution >= 4 is 11.0 Å². The number of hydrogen-bond donors (Lipinski definition) is 2. The van der Waals surface area contributed by atoms with Gasteiger partial charge in [-0.05, 0) is 42.5 Å². The monoisotopic (exact) mass is 358 g/mol. The summed E-state index contributed by atoms with van der Waals surface area (Å²) in [7, 11) is 0. The second kappa shape index (κ2) is 6.21. The summed E-state index contributed by atoms with van der Waals surface area (Å²) in [6, 6.07) is 12.3. The van der Waals surface area contributed by atoms with Crippen LogP contribution in [0.2, 0.25) is 0 Å². The zero-order valence-corrected chi connectivity index (χ0v) is 14.2. The van der Waals surface area contributed by atoms with Gasteiger partial charge >= 0.3 is 0 Å². The second-order valence-electron chi connectivity index (χ2n) is 6.24. The van der Waals surface area contributed by atoms with Crippen LogP contribution in [0.5, 0.6) is 0 Å². The number of fused-ring (bicyclic) bond motifs is 1. The van der Waals surface area contributed by atoms with E-state index in [4.69, 9.17) is 0 Å². The van der Waals surface area contributed by atoms with Crippen LogP contribution in [0.3, 0.4) is 0 Å². The summed E-state index contributed by atoms with van der Waals surface area (Å²) >= 11 is 0. The molecule has 0 spiro atoms. The highest BCUT2D eigenvalue weighted by molar-refractivity contribution is 5.95. The molecule has 27 heavy (non-hydrogen) atoms. The number of imidazole rings is 1. The van der Waals surface area contributed by atoms with Crippen LogP contribution >= 0.6 is 0 Å². The highest BCUT2D eigenvalue weighted by atomic mass is 19.1. The molecule has 5 rings (SSSR count). The molecule has 2 N–H and O–H groups in total. The van der Waals surface area contributed by atoms with Crippen molar-refractivity contribution in [2.75, 3.05) is 0 Å². The van der Waals surface area contributed by atoms with E-state index in [0.717, 1.165) is 39.2 Å². The summed E-state index contributed by atoms with van der Waals surface area (Å²) < 4.78 is 15.5. The lowest BCUT2D eigenvalue weighted by molar-refractivity contribution is 0.628. The van der Waals surface area contributed by atoms with Gasteiger partial charge in [-0.1, -0.05) is 0 Å². The Labute approximate surface area is 153 Å². The fourth-order valence-corrected chi connectivity index (χ4v) is 3.32. The molecule has 132 valence electrons. The predicted molar refractivity (Wildman–Crippen MR) is 100 cm³/mol. The zero-order valence-electron chi connectivity index (χ0n) is 14.2. The minimum absolute atomic E-state index is 0.270. The zero-order chi connectivity index (χ0) is 18.2. The topological polar surface area (TPSA) is 75.2 Å². The van der Waals surface area contributed by atoms with Gasteiger partial charge in [0, 0.05) is 35.1 Å². The fourth-order valence-electron chi connectivity index (χ4n) is 3.32. The first-order chi connectivity index (χ1) is 13.3. The first kappa shape index (κ1) is 15.5. The van der Waals surface area contributed by atoms with E-state index in [0.29, 0.717) is 6.54 Å². The molecule has 4 aromatic heterocycles. The Morgan fingerprint density at radius 1 is 0.963 bits per heavy atom. The van der Waals surface area contributed by atoms with Crippen LogP contribution in [0.1, 0.15) is 5.69 Å². The van der Waals surface area contributed by atoms with E-state index in [2.05, 4.69) is 29.7 Å². The first-order valence-electron chi connectivity index (χ1n) is 8.52. The average Bonchev–Trinajstić information content (AvgIpc) is 3.43. The molecule has 0 atom stereocenters. The largest absolute Gasteiger partial charge is 0.346 e. The fraction of sp³-hybridized carbons (Fsp3) is 0.0500. The number of H-pyrrole nitrogens is 2. The van der Waals surface area contributed by atoms with Crippen LogP contribution in [-0.4, -0.2) is 29.7 Å². The highest BCUT2D eigenvalue weighted by Crippen LogP contribution is 2.35. The molecule has 0 amide bonds. The third-order valence-electron chi connectivity index (χ3n) is 4.56. The molecule has 4 heterocycles. The molecule has 0 unspecified atom stereocenters. The van der Waals surface area contributed by atoms with E-state index >= 15 is 0 Å². The number of halogens is 1. The van der Waals surface area contributed by atoms with Gasteiger partial charge in [0.05, 0.1) is 30.0 Å². The minimum Gasteiger partial charge on any atom is -0.346 e. The number of rotatable bonds is 4. The van der Waals surface area contributed by atoms with E-state index in [1.165, 1.54) is 12.1 Å². The van der Waals surface area contributed by atoms with Crippen LogP contribution in [0.15, 0.2) is 67.4 Å². The van der Waals surface area contributed by atoms with Crippen molar-refractivity contribution in [1.82, 2.24) is 29.7 Å². The Hall–Kier alpha value is -3.74. The van der Waals surface area contributed by atoms with Gasteiger partial charge in [0.1, 0.15) is 11.5 Å². The first-order valence-corrected chi connectivity index (χ1v) is 8.52. The standard InChI is InChI=1S/C20H15FN6/c21-14-3-1-13(2-4-14)18-19(16-6-8-22-20-17(16)7-9-23-20)27(12-24-18)11-15-5-10-25-26-15/h1-10,12H,11H2,(H,22,23)(H,25,26). The quantitative estimate of drug-likeness (QED) is 0.510. The van der Waals surface area contributed by atoms with Gasteiger partial charge in [-0.15, -0.1) is 0 Å². The van der Waals surface area contributed by atoms with Gasteiger partial charge in [0.2, 0.25) is 0 Å². The van der Waals surface area contributed by atoms with Crippen molar-refractivity contribution in [2.24, 2.45) is 0 Å². The normalized spacial score (nSPS) is 11.3. The van der Waals surface area contributed by atoms with Gasteiger partial charge < -0.3 is 9.55 Å². The summed E-state index contributed by atoms with van der Waals surface area (Å²) in [5.74, 6) is -0.270. The molecule has 0 aliphatic carbocycles. The minimum atomic E-state index is -0.270. The van der Waals surface area contributed by atoms with Crippen LogP contribution in [-0.2, 0) is 6.54 Å². The lowest BCUT2D eigenvalue weighted by Crippen LogP contribution is -2.02. The van der Waals surface area contributed by atoms with Gasteiger partial charge in [-0.25, -0.2) is 14.4 Å². The van der Waals surface area contributed by atoms with E-state index in [1.54, 1.807) is 30.9 Å². The summed E-state index contributed by atoms with van der Waals surface area (Å²) in [4.78, 5) is 12.2. The lowest BCUT2D eigenvalue weighted by atomic mass is 10.0. The maximum Gasteiger partial charge on any atom is 0.137 e. The Balaban J connectivity index is 1.74. The smallest absolute Gasteiger partial charge is 0.137 e. The maximum atomic E-state index is 13.4. The Morgan fingerprint density at radius 3 is 2.67 bits per heavy atom. The molecule has 0 saturated carbocycles. The van der Waals surface area contributed by atoms with Gasteiger partial charge in [0.25, 0.3) is 0 Å². The highest BCUT2D eigenvalue weighted by Gasteiger charge is 2.18. The Kier molecular flexibility index (Phi) is 3.57. The number of benzene rings is 1. The molecule has 0 saturated heterocycles. The van der Waals surface area contributed by atoms with Crippen molar-refractivity contribution in [3.05, 3.63) is 78.9 Å². The molecule has 0 fully saturated rings. The van der Waals surface area contributed by atoms with Crippen LogP contribution < -0.4 is 0 Å². The average molecular weight is 358 g/mol. The van der Waals surface area contributed by atoms with E-state index < -0.39 is 0 Å².